The Bertz CT molecular complexity index is 898. The molecule has 1 N–H and O–H groups in total. The first-order chi connectivity index (χ1) is 13.6. The molecule has 7 heteroatoms. The third kappa shape index (κ3) is 5.61. The van der Waals surface area contributed by atoms with Crippen LogP contribution < -0.4 is 14.8 Å². The lowest BCUT2D eigenvalue weighted by Gasteiger charge is -2.08. The number of hydrogen-bond donors (Lipinski definition) is 1. The summed E-state index contributed by atoms with van der Waals surface area (Å²) < 4.78 is 15.3. The standard InChI is InChI=1S/C21H18N2O5/c22-11-12-26-18-6-1-15(2-7-18)5-10-20(24)28-19-8-3-16(4-9-19)13-17-14-27-21(25)23-17/h1-10,17H,12-14H2,(H,23,25). The maximum Gasteiger partial charge on any atom is 0.407 e. The topological polar surface area (TPSA) is 97.7 Å². The zero-order chi connectivity index (χ0) is 19.8. The monoisotopic (exact) mass is 378 g/mol. The summed E-state index contributed by atoms with van der Waals surface area (Å²) in [5, 5.41) is 11.2. The van der Waals surface area contributed by atoms with E-state index in [0.29, 0.717) is 24.5 Å². The van der Waals surface area contributed by atoms with Crippen LogP contribution in [0.2, 0.25) is 0 Å². The van der Waals surface area contributed by atoms with Crippen molar-refractivity contribution in [3.8, 4) is 17.6 Å². The Hall–Kier alpha value is -3.79. The second-order valence-corrected chi connectivity index (χ2v) is 6.06. The molecule has 0 bridgehead atoms. The van der Waals surface area contributed by atoms with Crippen molar-refractivity contribution in [2.75, 3.05) is 13.2 Å². The molecule has 2 aromatic rings. The molecular weight excluding hydrogens is 360 g/mol. The minimum Gasteiger partial charge on any atom is -0.479 e. The number of hydrogen-bond acceptors (Lipinski definition) is 6. The normalized spacial score (nSPS) is 15.5. The fourth-order valence-corrected chi connectivity index (χ4v) is 2.62. The Balaban J connectivity index is 1.49. The zero-order valence-corrected chi connectivity index (χ0v) is 15.0. The van der Waals surface area contributed by atoms with E-state index < -0.39 is 12.1 Å². The molecular formula is C21H18N2O5. The number of carbonyl (C=O) groups is 2. The van der Waals surface area contributed by atoms with Crippen LogP contribution in [0.4, 0.5) is 4.79 Å². The van der Waals surface area contributed by atoms with Gasteiger partial charge in [-0.15, -0.1) is 0 Å². The van der Waals surface area contributed by atoms with Gasteiger partial charge in [0, 0.05) is 6.08 Å². The smallest absolute Gasteiger partial charge is 0.407 e. The summed E-state index contributed by atoms with van der Waals surface area (Å²) in [7, 11) is 0. The molecule has 1 saturated heterocycles. The minimum absolute atomic E-state index is 0.0105. The summed E-state index contributed by atoms with van der Waals surface area (Å²) >= 11 is 0. The maximum atomic E-state index is 12.0. The molecule has 1 fully saturated rings. The van der Waals surface area contributed by atoms with Crippen LogP contribution in [0.15, 0.2) is 54.6 Å². The van der Waals surface area contributed by atoms with E-state index in [0.717, 1.165) is 11.1 Å². The number of nitrogens with one attached hydrogen (secondary N) is 1. The predicted octanol–water partition coefficient (Wildman–Crippen LogP) is 2.86. The Morgan fingerprint density at radius 2 is 1.89 bits per heavy atom. The number of ether oxygens (including phenoxy) is 3. The molecule has 0 spiro atoms. The van der Waals surface area contributed by atoms with Crippen LogP contribution in [0.3, 0.4) is 0 Å². The van der Waals surface area contributed by atoms with Crippen molar-refractivity contribution in [3.63, 3.8) is 0 Å². The van der Waals surface area contributed by atoms with Crippen molar-refractivity contribution in [1.29, 1.82) is 5.26 Å². The summed E-state index contributed by atoms with van der Waals surface area (Å²) in [6, 6.07) is 16.0. The van der Waals surface area contributed by atoms with E-state index in [2.05, 4.69) is 5.32 Å². The van der Waals surface area contributed by atoms with Gasteiger partial charge in [-0.2, -0.15) is 5.26 Å². The van der Waals surface area contributed by atoms with Gasteiger partial charge in [0.2, 0.25) is 0 Å². The number of cyclic esters (lactones) is 1. The van der Waals surface area contributed by atoms with Crippen molar-refractivity contribution >= 4 is 18.1 Å². The average Bonchev–Trinajstić information content (AvgIpc) is 3.12. The van der Waals surface area contributed by atoms with Crippen LogP contribution in [0.25, 0.3) is 6.08 Å². The van der Waals surface area contributed by atoms with E-state index in [1.54, 1.807) is 42.5 Å². The van der Waals surface area contributed by atoms with Crippen molar-refractivity contribution in [1.82, 2.24) is 5.32 Å². The molecule has 1 amide bonds. The molecule has 3 rings (SSSR count). The van der Waals surface area contributed by atoms with Crippen LogP contribution in [-0.4, -0.2) is 31.3 Å². The number of benzene rings is 2. The number of carbonyl (C=O) groups excluding carboxylic acids is 2. The quantitative estimate of drug-likeness (QED) is 0.452. The van der Waals surface area contributed by atoms with Crippen LogP contribution in [0, 0.1) is 11.3 Å². The van der Waals surface area contributed by atoms with E-state index in [4.69, 9.17) is 19.5 Å². The summed E-state index contributed by atoms with van der Waals surface area (Å²) in [6.07, 6.45) is 3.22. The molecule has 0 aromatic heterocycles. The Kier molecular flexibility index (Phi) is 6.26. The second-order valence-electron chi connectivity index (χ2n) is 6.06. The van der Waals surface area contributed by atoms with Gasteiger partial charge in [0.25, 0.3) is 0 Å². The number of alkyl carbamates (subject to hydrolysis) is 1. The highest BCUT2D eigenvalue weighted by Crippen LogP contribution is 2.16. The van der Waals surface area contributed by atoms with Gasteiger partial charge in [-0.25, -0.2) is 9.59 Å². The summed E-state index contributed by atoms with van der Waals surface area (Å²) in [5.74, 6) is 0.532. The lowest BCUT2D eigenvalue weighted by molar-refractivity contribution is -0.128. The third-order valence-electron chi connectivity index (χ3n) is 3.96. The largest absolute Gasteiger partial charge is 0.479 e. The molecule has 28 heavy (non-hydrogen) atoms. The molecule has 2 aromatic carbocycles. The van der Waals surface area contributed by atoms with Gasteiger partial charge < -0.3 is 19.5 Å². The number of esters is 1. The number of nitriles is 1. The first kappa shape index (κ1) is 19.0. The first-order valence-corrected chi connectivity index (χ1v) is 8.64. The van der Waals surface area contributed by atoms with Gasteiger partial charge in [0.05, 0.1) is 6.04 Å². The molecule has 1 aliphatic rings. The van der Waals surface area contributed by atoms with E-state index in [-0.39, 0.29) is 12.6 Å². The van der Waals surface area contributed by atoms with Crippen molar-refractivity contribution in [3.05, 3.63) is 65.7 Å². The van der Waals surface area contributed by atoms with Gasteiger partial charge in [-0.1, -0.05) is 24.3 Å². The highest BCUT2D eigenvalue weighted by molar-refractivity contribution is 5.88. The average molecular weight is 378 g/mol. The Labute approximate surface area is 162 Å². The fraction of sp³-hybridized carbons (Fsp3) is 0.190. The van der Waals surface area contributed by atoms with Crippen molar-refractivity contribution < 1.29 is 23.8 Å². The molecule has 0 saturated carbocycles. The Morgan fingerprint density at radius 3 is 2.54 bits per heavy atom. The molecule has 7 nitrogen and oxygen atoms in total. The summed E-state index contributed by atoms with van der Waals surface area (Å²) in [4.78, 5) is 23.0. The van der Waals surface area contributed by atoms with E-state index >= 15 is 0 Å². The predicted molar refractivity (Wildman–Crippen MR) is 101 cm³/mol. The number of amides is 1. The van der Waals surface area contributed by atoms with Gasteiger partial charge >= 0.3 is 12.1 Å². The third-order valence-corrected chi connectivity index (χ3v) is 3.96. The van der Waals surface area contributed by atoms with Gasteiger partial charge in [0.1, 0.15) is 24.2 Å². The number of nitrogens with zero attached hydrogens (tertiary/aromatic N) is 1. The van der Waals surface area contributed by atoms with E-state index in [1.807, 2.05) is 18.2 Å². The summed E-state index contributed by atoms with van der Waals surface area (Å²) in [5.41, 5.74) is 1.81. The second kappa shape index (κ2) is 9.24. The van der Waals surface area contributed by atoms with E-state index in [9.17, 15) is 9.59 Å². The number of rotatable bonds is 7. The first-order valence-electron chi connectivity index (χ1n) is 8.64. The molecule has 1 aliphatic heterocycles. The van der Waals surface area contributed by atoms with Gasteiger partial charge in [0.15, 0.2) is 6.61 Å². The van der Waals surface area contributed by atoms with Crippen LogP contribution in [0.1, 0.15) is 11.1 Å². The lowest BCUT2D eigenvalue weighted by Crippen LogP contribution is -2.28. The van der Waals surface area contributed by atoms with Crippen molar-refractivity contribution in [2.45, 2.75) is 12.5 Å². The van der Waals surface area contributed by atoms with Gasteiger partial charge in [-0.3, -0.25) is 0 Å². The molecule has 0 radical (unpaired) electrons. The lowest BCUT2D eigenvalue weighted by atomic mass is 10.1. The highest BCUT2D eigenvalue weighted by atomic mass is 16.6. The molecule has 142 valence electrons. The van der Waals surface area contributed by atoms with Crippen LogP contribution in [-0.2, 0) is 16.0 Å². The molecule has 1 unspecified atom stereocenters. The van der Waals surface area contributed by atoms with E-state index in [1.165, 1.54) is 6.08 Å². The van der Waals surface area contributed by atoms with Crippen LogP contribution in [0.5, 0.6) is 11.5 Å². The van der Waals surface area contributed by atoms with Gasteiger partial charge in [-0.05, 0) is 47.9 Å². The highest BCUT2D eigenvalue weighted by Gasteiger charge is 2.22. The molecule has 1 atom stereocenters. The van der Waals surface area contributed by atoms with Crippen molar-refractivity contribution in [2.24, 2.45) is 0 Å². The van der Waals surface area contributed by atoms with Crippen LogP contribution >= 0.6 is 0 Å². The minimum atomic E-state index is -0.492. The SMILES string of the molecule is N#CCOc1ccc(C=CC(=O)Oc2ccc(CC3COC(=O)N3)cc2)cc1. The molecule has 0 aliphatic carbocycles. The fourth-order valence-electron chi connectivity index (χ4n) is 2.62. The zero-order valence-electron chi connectivity index (χ0n) is 15.0. The summed E-state index contributed by atoms with van der Waals surface area (Å²) in [6.45, 7) is 0.342. The Morgan fingerprint density at radius 1 is 1.18 bits per heavy atom. The maximum absolute atomic E-state index is 12.0. The molecule has 1 heterocycles.